The van der Waals surface area contributed by atoms with Crippen molar-refractivity contribution < 1.29 is 14.6 Å². The molecule has 0 fully saturated rings. The van der Waals surface area contributed by atoms with Gasteiger partial charge in [0.05, 0.1) is 12.3 Å². The number of carbonyl (C=O) groups excluding carboxylic acids is 1. The summed E-state index contributed by atoms with van der Waals surface area (Å²) in [7, 11) is 0. The molecule has 0 atom stereocenters. The zero-order valence-corrected chi connectivity index (χ0v) is 14.0. The topological polar surface area (TPSA) is 71.5 Å². The first kappa shape index (κ1) is 17.5. The highest BCUT2D eigenvalue weighted by molar-refractivity contribution is 5.84. The molecule has 0 saturated heterocycles. The smallest absolute Gasteiger partial charge is 0.412 e. The van der Waals surface area contributed by atoms with Crippen molar-refractivity contribution in [2.75, 3.05) is 5.32 Å². The molecule has 1 aromatic heterocycles. The van der Waals surface area contributed by atoms with Crippen LogP contribution in [-0.2, 0) is 11.3 Å². The summed E-state index contributed by atoms with van der Waals surface area (Å²) in [5, 5.41) is 11.7. The van der Waals surface area contributed by atoms with Crippen LogP contribution in [-0.4, -0.2) is 21.8 Å². The Bertz CT molecular complexity index is 766. The highest BCUT2D eigenvalue weighted by Crippen LogP contribution is 2.12. The molecule has 0 spiro atoms. The van der Waals surface area contributed by atoms with Crippen molar-refractivity contribution in [3.05, 3.63) is 59.4 Å². The Kier molecular flexibility index (Phi) is 5.56. The molecule has 0 aliphatic carbocycles. The molecule has 2 aromatic rings. The summed E-state index contributed by atoms with van der Waals surface area (Å²) >= 11 is 0. The van der Waals surface area contributed by atoms with Crippen molar-refractivity contribution in [2.45, 2.75) is 33.0 Å². The largest absolute Gasteiger partial charge is 0.444 e. The average Bonchev–Trinajstić information content (AvgIpc) is 2.52. The highest BCUT2D eigenvalue weighted by Gasteiger charge is 2.15. The van der Waals surface area contributed by atoms with E-state index in [-0.39, 0.29) is 6.61 Å². The number of hydrogen-bond donors (Lipinski definition) is 2. The maximum atomic E-state index is 11.7. The quantitative estimate of drug-likeness (QED) is 0.831. The molecule has 5 heteroatoms. The van der Waals surface area contributed by atoms with Gasteiger partial charge in [-0.05, 0) is 57.2 Å². The molecule has 0 aliphatic heterocycles. The molecule has 0 unspecified atom stereocenters. The summed E-state index contributed by atoms with van der Waals surface area (Å²) < 4.78 is 5.19. The van der Waals surface area contributed by atoms with Crippen LogP contribution in [0.25, 0.3) is 0 Å². The first-order chi connectivity index (χ1) is 11.4. The van der Waals surface area contributed by atoms with Gasteiger partial charge in [0.2, 0.25) is 0 Å². The van der Waals surface area contributed by atoms with Crippen LogP contribution in [0.1, 0.15) is 37.6 Å². The number of aliphatic hydroxyl groups excluding tert-OH is 1. The van der Waals surface area contributed by atoms with E-state index in [1.165, 1.54) is 0 Å². The number of aromatic nitrogens is 1. The predicted octanol–water partition coefficient (Wildman–Crippen LogP) is 3.32. The Morgan fingerprint density at radius 1 is 1.17 bits per heavy atom. The number of pyridine rings is 1. The second-order valence-electron chi connectivity index (χ2n) is 6.15. The molecule has 0 radical (unpaired) electrons. The Hall–Kier alpha value is -2.84. The fourth-order valence-corrected chi connectivity index (χ4v) is 1.85. The number of ether oxygens (including phenoxy) is 1. The summed E-state index contributed by atoms with van der Waals surface area (Å²) in [5.41, 5.74) is 2.28. The van der Waals surface area contributed by atoms with Crippen molar-refractivity contribution in [3.8, 4) is 11.8 Å². The number of nitrogens with one attached hydrogen (secondary N) is 1. The summed E-state index contributed by atoms with van der Waals surface area (Å²) in [4.78, 5) is 15.7. The zero-order valence-electron chi connectivity index (χ0n) is 14.0. The molecule has 1 heterocycles. The molecular formula is C19H20N2O3. The van der Waals surface area contributed by atoms with Crippen molar-refractivity contribution >= 4 is 11.8 Å². The van der Waals surface area contributed by atoms with Crippen LogP contribution in [0.3, 0.4) is 0 Å². The second kappa shape index (κ2) is 7.62. The van der Waals surface area contributed by atoms with Crippen LogP contribution in [0.5, 0.6) is 0 Å². The van der Waals surface area contributed by atoms with Gasteiger partial charge in [0.15, 0.2) is 0 Å². The minimum Gasteiger partial charge on any atom is -0.444 e. The lowest BCUT2D eigenvalue weighted by molar-refractivity contribution is 0.0636. The predicted molar refractivity (Wildman–Crippen MR) is 92.4 cm³/mol. The van der Waals surface area contributed by atoms with Gasteiger partial charge in [-0.25, -0.2) is 4.79 Å². The Balaban J connectivity index is 2.02. The van der Waals surface area contributed by atoms with Crippen LogP contribution in [0.2, 0.25) is 0 Å². The van der Waals surface area contributed by atoms with E-state index in [2.05, 4.69) is 22.1 Å². The van der Waals surface area contributed by atoms with Gasteiger partial charge < -0.3 is 9.84 Å². The minimum atomic E-state index is -0.534. The van der Waals surface area contributed by atoms with Gasteiger partial charge >= 0.3 is 6.09 Å². The van der Waals surface area contributed by atoms with Crippen molar-refractivity contribution in [1.82, 2.24) is 4.98 Å². The number of hydrogen-bond acceptors (Lipinski definition) is 4. The van der Waals surface area contributed by atoms with Crippen molar-refractivity contribution in [1.29, 1.82) is 0 Å². The van der Waals surface area contributed by atoms with E-state index in [0.29, 0.717) is 11.4 Å². The average molecular weight is 324 g/mol. The van der Waals surface area contributed by atoms with Gasteiger partial charge in [0, 0.05) is 23.0 Å². The zero-order chi connectivity index (χ0) is 17.6. The molecule has 5 nitrogen and oxygen atoms in total. The van der Waals surface area contributed by atoms with E-state index in [1.807, 2.05) is 32.9 Å². The maximum absolute atomic E-state index is 11.7. The molecule has 0 saturated carbocycles. The lowest BCUT2D eigenvalue weighted by Crippen LogP contribution is -2.27. The van der Waals surface area contributed by atoms with Gasteiger partial charge in [0.25, 0.3) is 0 Å². The maximum Gasteiger partial charge on any atom is 0.412 e. The number of carbonyl (C=O) groups is 1. The molecule has 0 aliphatic rings. The third-order valence-corrected chi connectivity index (χ3v) is 2.86. The van der Waals surface area contributed by atoms with E-state index >= 15 is 0 Å². The normalized spacial score (nSPS) is 10.5. The Labute approximate surface area is 141 Å². The van der Waals surface area contributed by atoms with Crippen LogP contribution in [0.4, 0.5) is 10.5 Å². The number of anilines is 1. The monoisotopic (exact) mass is 324 g/mol. The van der Waals surface area contributed by atoms with Gasteiger partial charge in [0.1, 0.15) is 5.60 Å². The van der Waals surface area contributed by atoms with Crippen molar-refractivity contribution in [3.63, 3.8) is 0 Å². The summed E-state index contributed by atoms with van der Waals surface area (Å²) in [6, 6.07) is 10.7. The van der Waals surface area contributed by atoms with E-state index in [9.17, 15) is 4.79 Å². The van der Waals surface area contributed by atoms with Crippen LogP contribution < -0.4 is 5.32 Å². The Morgan fingerprint density at radius 3 is 2.46 bits per heavy atom. The number of rotatable bonds is 2. The second-order valence-corrected chi connectivity index (χ2v) is 6.15. The first-order valence-corrected chi connectivity index (χ1v) is 7.53. The number of amides is 1. The molecule has 1 amide bonds. The number of nitrogens with zero attached hydrogens (tertiary/aromatic N) is 1. The summed E-state index contributed by atoms with van der Waals surface area (Å²) in [6.45, 7) is 5.33. The van der Waals surface area contributed by atoms with Gasteiger partial charge in [-0.2, -0.15) is 0 Å². The van der Waals surface area contributed by atoms with Gasteiger partial charge in [-0.15, -0.1) is 0 Å². The SMILES string of the molecule is CC(C)(C)OC(=O)Nc1ccc(C#Cc2ccnc(CO)c2)cc1. The van der Waals surface area contributed by atoms with E-state index in [4.69, 9.17) is 9.84 Å². The van der Waals surface area contributed by atoms with Gasteiger partial charge in [-0.3, -0.25) is 10.3 Å². The number of aliphatic hydroxyl groups is 1. The lowest BCUT2D eigenvalue weighted by atomic mass is 10.2. The molecule has 1 aromatic carbocycles. The van der Waals surface area contributed by atoms with Crippen LogP contribution >= 0.6 is 0 Å². The third kappa shape index (κ3) is 5.75. The minimum absolute atomic E-state index is 0.111. The number of benzene rings is 1. The molecular weight excluding hydrogens is 304 g/mol. The standard InChI is InChI=1S/C19H20N2O3/c1-19(2,3)24-18(23)21-16-8-6-14(7-9-16)4-5-15-10-11-20-17(12-15)13-22/h6-12,22H,13H2,1-3H3,(H,21,23). The highest BCUT2D eigenvalue weighted by atomic mass is 16.6. The van der Waals surface area contributed by atoms with Gasteiger partial charge in [-0.1, -0.05) is 11.8 Å². The summed E-state index contributed by atoms with van der Waals surface area (Å²) in [6.07, 6.45) is 1.12. The molecule has 24 heavy (non-hydrogen) atoms. The molecule has 2 N–H and O–H groups in total. The van der Waals surface area contributed by atoms with Crippen LogP contribution in [0.15, 0.2) is 42.6 Å². The van der Waals surface area contributed by atoms with Crippen LogP contribution in [0, 0.1) is 11.8 Å². The fourth-order valence-electron chi connectivity index (χ4n) is 1.85. The Morgan fingerprint density at radius 2 is 1.83 bits per heavy atom. The lowest BCUT2D eigenvalue weighted by Gasteiger charge is -2.19. The molecule has 2 rings (SSSR count). The van der Waals surface area contributed by atoms with Crippen molar-refractivity contribution in [2.24, 2.45) is 0 Å². The van der Waals surface area contributed by atoms with E-state index < -0.39 is 11.7 Å². The fraction of sp³-hybridized carbons (Fsp3) is 0.263. The third-order valence-electron chi connectivity index (χ3n) is 2.86. The molecule has 124 valence electrons. The van der Waals surface area contributed by atoms with E-state index in [0.717, 1.165) is 11.1 Å². The first-order valence-electron chi connectivity index (χ1n) is 7.53. The molecule has 0 bridgehead atoms. The summed E-state index contributed by atoms with van der Waals surface area (Å²) in [5.74, 6) is 6.04. The van der Waals surface area contributed by atoms with E-state index in [1.54, 1.807) is 30.5 Å².